The Balaban J connectivity index is 0. The average Bonchev–Trinajstić information content (AvgIpc) is 2.33. The molecule has 1 amide bonds. The first-order chi connectivity index (χ1) is 7.74. The van der Waals surface area contributed by atoms with Gasteiger partial charge in [-0.1, -0.05) is 20.4 Å². The van der Waals surface area contributed by atoms with Crippen LogP contribution in [0.3, 0.4) is 0 Å². The van der Waals surface area contributed by atoms with Gasteiger partial charge in [-0.15, -0.1) is 0 Å². The Morgan fingerprint density at radius 2 is 2.25 bits per heavy atom. The Kier molecular flexibility index (Phi) is 8.85. The van der Waals surface area contributed by atoms with E-state index in [1.807, 2.05) is 20.8 Å². The first-order valence-electron chi connectivity index (χ1n) is 6.00. The molecule has 1 N–H and O–H groups in total. The van der Waals surface area contributed by atoms with E-state index in [9.17, 15) is 4.79 Å². The van der Waals surface area contributed by atoms with Gasteiger partial charge in [0.25, 0.3) is 0 Å². The van der Waals surface area contributed by atoms with Crippen LogP contribution in [0.4, 0.5) is 0 Å². The predicted molar refractivity (Wildman–Crippen MR) is 68.3 cm³/mol. The summed E-state index contributed by atoms with van der Waals surface area (Å²) in [5.41, 5.74) is 0.609. The second-order valence-electron chi connectivity index (χ2n) is 3.41. The second kappa shape index (κ2) is 9.36. The number of nitrogens with zero attached hydrogens (tertiary/aromatic N) is 1. The largest absolute Gasteiger partial charge is 0.366 e. The fraction of sp³-hybridized carbons (Fsp3) is 0.750. The first kappa shape index (κ1) is 15.1. The van der Waals surface area contributed by atoms with E-state index in [0.717, 1.165) is 19.6 Å². The van der Waals surface area contributed by atoms with E-state index in [1.54, 1.807) is 0 Å². The molecule has 0 atom stereocenters. The van der Waals surface area contributed by atoms with E-state index in [-0.39, 0.29) is 7.33 Å². The molecule has 0 radical (unpaired) electrons. The highest BCUT2D eigenvalue weighted by Gasteiger charge is 2.14. The summed E-state index contributed by atoms with van der Waals surface area (Å²) in [6.45, 7) is 13.3. The van der Waals surface area contributed by atoms with E-state index < -0.39 is 0 Å². The third kappa shape index (κ3) is 5.88. The molecule has 1 aliphatic rings. The van der Waals surface area contributed by atoms with Gasteiger partial charge in [0.15, 0.2) is 0 Å². The van der Waals surface area contributed by atoms with Crippen LogP contribution in [0.25, 0.3) is 0 Å². The van der Waals surface area contributed by atoms with Gasteiger partial charge in [0.2, 0.25) is 5.91 Å². The minimum absolute atomic E-state index is 0. The van der Waals surface area contributed by atoms with Gasteiger partial charge in [0.05, 0.1) is 6.73 Å². The number of hydrogen-bond donors (Lipinski definition) is 1. The van der Waals surface area contributed by atoms with Crippen LogP contribution >= 0.6 is 0 Å². The molecule has 0 spiro atoms. The summed E-state index contributed by atoms with van der Waals surface area (Å²) in [6, 6.07) is 0. The van der Waals surface area contributed by atoms with E-state index in [0.29, 0.717) is 25.4 Å². The maximum Gasteiger partial charge on any atom is 0.247 e. The highest BCUT2D eigenvalue weighted by molar-refractivity contribution is 5.93. The average molecular weight is 230 g/mol. The first-order valence-corrected chi connectivity index (χ1v) is 6.00. The van der Waals surface area contributed by atoms with Crippen LogP contribution in [0, 0.1) is 0 Å². The molecule has 1 saturated heterocycles. The number of rotatable bonds is 4. The standard InChI is InChI=1S/C10H18N2O2.C2H6.H2/c1-3-11-10(13)9(2)7-12-5-4-6-14-8-12;1-2;/h2-8H2,1H3,(H,11,13);1-2H3;1H. The number of carbonyl (C=O) groups excluding carboxylic acids is 1. The summed E-state index contributed by atoms with van der Waals surface area (Å²) in [4.78, 5) is 13.4. The van der Waals surface area contributed by atoms with Crippen LogP contribution in [-0.4, -0.2) is 43.8 Å². The number of ether oxygens (including phenoxy) is 1. The lowest BCUT2D eigenvalue weighted by atomic mass is 10.2. The predicted octanol–water partition coefficient (Wildman–Crippen LogP) is 1.63. The number of likely N-dealkylation sites (N-methyl/N-ethyl adjacent to an activating group) is 1. The van der Waals surface area contributed by atoms with Crippen LogP contribution in [0.15, 0.2) is 12.2 Å². The topological polar surface area (TPSA) is 41.6 Å². The van der Waals surface area contributed by atoms with E-state index >= 15 is 0 Å². The molecule has 4 nitrogen and oxygen atoms in total. The molecule has 16 heavy (non-hydrogen) atoms. The minimum atomic E-state index is -0.0573. The molecule has 0 aliphatic carbocycles. The highest BCUT2D eigenvalue weighted by atomic mass is 16.5. The van der Waals surface area contributed by atoms with Crippen LogP contribution in [0.1, 0.15) is 28.6 Å². The summed E-state index contributed by atoms with van der Waals surface area (Å²) in [5.74, 6) is -0.0573. The Morgan fingerprint density at radius 3 is 2.75 bits per heavy atom. The lowest BCUT2D eigenvalue weighted by molar-refractivity contribution is -0.117. The molecular formula is C12H26N2O2. The SMILES string of the molecule is C=C(CN1CCCOC1)C(=O)NCC.CC.[HH]. The maximum atomic E-state index is 11.3. The summed E-state index contributed by atoms with van der Waals surface area (Å²) in [5, 5.41) is 2.73. The van der Waals surface area contributed by atoms with Crippen molar-refractivity contribution >= 4 is 5.91 Å². The summed E-state index contributed by atoms with van der Waals surface area (Å²) in [7, 11) is 0. The Hall–Kier alpha value is -0.870. The van der Waals surface area contributed by atoms with Gasteiger partial charge >= 0.3 is 0 Å². The number of carbonyl (C=O) groups is 1. The Bertz CT molecular complexity index is 217. The number of amides is 1. The van der Waals surface area contributed by atoms with Gasteiger partial charge < -0.3 is 10.1 Å². The summed E-state index contributed by atoms with van der Waals surface area (Å²) in [6.07, 6.45) is 1.03. The van der Waals surface area contributed by atoms with Crippen molar-refractivity contribution in [1.82, 2.24) is 10.2 Å². The fourth-order valence-corrected chi connectivity index (χ4v) is 1.40. The molecule has 4 heteroatoms. The van der Waals surface area contributed by atoms with E-state index in [2.05, 4.69) is 16.8 Å². The van der Waals surface area contributed by atoms with E-state index in [4.69, 9.17) is 4.74 Å². The van der Waals surface area contributed by atoms with Crippen molar-refractivity contribution in [3.8, 4) is 0 Å². The van der Waals surface area contributed by atoms with Crippen molar-refractivity contribution in [3.63, 3.8) is 0 Å². The molecule has 0 bridgehead atoms. The van der Waals surface area contributed by atoms with E-state index in [1.165, 1.54) is 0 Å². The molecular weight excluding hydrogens is 204 g/mol. The molecule has 0 unspecified atom stereocenters. The van der Waals surface area contributed by atoms with Crippen molar-refractivity contribution in [1.29, 1.82) is 0 Å². The Labute approximate surface area is 100 Å². The minimum Gasteiger partial charge on any atom is -0.366 e. The highest BCUT2D eigenvalue weighted by Crippen LogP contribution is 2.04. The normalized spacial score (nSPS) is 15.9. The lowest BCUT2D eigenvalue weighted by Gasteiger charge is -2.26. The molecule has 0 aromatic rings. The lowest BCUT2D eigenvalue weighted by Crippen LogP contribution is -2.37. The maximum absolute atomic E-state index is 11.3. The van der Waals surface area contributed by atoms with Gasteiger partial charge in [-0.05, 0) is 13.3 Å². The van der Waals surface area contributed by atoms with Gasteiger partial charge in [-0.2, -0.15) is 0 Å². The molecule has 1 heterocycles. The van der Waals surface area contributed by atoms with Crippen LogP contribution < -0.4 is 5.32 Å². The van der Waals surface area contributed by atoms with Gasteiger partial charge in [0, 0.05) is 33.2 Å². The summed E-state index contributed by atoms with van der Waals surface area (Å²) < 4.78 is 5.28. The van der Waals surface area contributed by atoms with Crippen molar-refractivity contribution in [2.75, 3.05) is 33.0 Å². The number of hydrogen-bond acceptors (Lipinski definition) is 3. The molecule has 1 aliphatic heterocycles. The zero-order chi connectivity index (χ0) is 12.4. The smallest absolute Gasteiger partial charge is 0.247 e. The molecule has 1 fully saturated rings. The van der Waals surface area contributed by atoms with Crippen LogP contribution in [0.5, 0.6) is 0 Å². The van der Waals surface area contributed by atoms with Gasteiger partial charge in [-0.3, -0.25) is 9.69 Å². The third-order valence-electron chi connectivity index (χ3n) is 2.11. The quantitative estimate of drug-likeness (QED) is 0.746. The zero-order valence-electron chi connectivity index (χ0n) is 10.7. The molecule has 96 valence electrons. The van der Waals surface area contributed by atoms with Crippen molar-refractivity contribution in [2.45, 2.75) is 27.2 Å². The summed E-state index contributed by atoms with van der Waals surface area (Å²) >= 11 is 0. The van der Waals surface area contributed by atoms with Crippen molar-refractivity contribution < 1.29 is 11.0 Å². The fourth-order valence-electron chi connectivity index (χ4n) is 1.40. The van der Waals surface area contributed by atoms with Crippen molar-refractivity contribution in [2.24, 2.45) is 0 Å². The molecule has 1 rings (SSSR count). The van der Waals surface area contributed by atoms with Crippen LogP contribution in [0.2, 0.25) is 0 Å². The monoisotopic (exact) mass is 230 g/mol. The van der Waals surface area contributed by atoms with Gasteiger partial charge in [-0.25, -0.2) is 0 Å². The van der Waals surface area contributed by atoms with Gasteiger partial charge in [0.1, 0.15) is 0 Å². The number of nitrogens with one attached hydrogen (secondary N) is 1. The molecule has 0 saturated carbocycles. The molecule has 0 aromatic heterocycles. The zero-order valence-corrected chi connectivity index (χ0v) is 10.7. The second-order valence-corrected chi connectivity index (χ2v) is 3.41. The Morgan fingerprint density at radius 1 is 1.56 bits per heavy atom. The van der Waals surface area contributed by atoms with Crippen LogP contribution in [-0.2, 0) is 9.53 Å². The third-order valence-corrected chi connectivity index (χ3v) is 2.11. The molecule has 0 aromatic carbocycles. The van der Waals surface area contributed by atoms with Crippen molar-refractivity contribution in [3.05, 3.63) is 12.2 Å².